The molecule has 1 aromatic carbocycles. The van der Waals surface area contributed by atoms with E-state index in [0.29, 0.717) is 10.8 Å². The monoisotopic (exact) mass is 308 g/mol. The SMILES string of the molecule is O=c1cc(CSc2cccc(Cl)c2)nc2sccn12. The maximum atomic E-state index is 11.8. The first-order chi connectivity index (χ1) is 9.22. The van der Waals surface area contributed by atoms with E-state index in [1.165, 1.54) is 11.3 Å². The van der Waals surface area contributed by atoms with Gasteiger partial charge in [-0.25, -0.2) is 4.98 Å². The van der Waals surface area contributed by atoms with Crippen LogP contribution in [0.5, 0.6) is 0 Å². The molecule has 0 spiro atoms. The van der Waals surface area contributed by atoms with Gasteiger partial charge < -0.3 is 0 Å². The molecule has 0 radical (unpaired) electrons. The van der Waals surface area contributed by atoms with E-state index in [9.17, 15) is 4.79 Å². The molecule has 0 N–H and O–H groups in total. The van der Waals surface area contributed by atoms with Crippen LogP contribution in [-0.4, -0.2) is 9.38 Å². The summed E-state index contributed by atoms with van der Waals surface area (Å²) in [7, 11) is 0. The van der Waals surface area contributed by atoms with Crippen LogP contribution in [0.25, 0.3) is 4.96 Å². The number of hydrogen-bond acceptors (Lipinski definition) is 4. The lowest BCUT2D eigenvalue weighted by molar-refractivity contribution is 1.04. The van der Waals surface area contributed by atoms with Crippen molar-refractivity contribution in [3.63, 3.8) is 0 Å². The van der Waals surface area contributed by atoms with Crippen LogP contribution < -0.4 is 5.56 Å². The largest absolute Gasteiger partial charge is 0.269 e. The third-order valence-corrected chi connectivity index (χ3v) is 4.56. The molecule has 0 saturated heterocycles. The zero-order chi connectivity index (χ0) is 13.2. The van der Waals surface area contributed by atoms with Crippen molar-refractivity contribution in [2.45, 2.75) is 10.6 Å². The number of fused-ring (bicyclic) bond motifs is 1. The van der Waals surface area contributed by atoms with E-state index in [1.807, 2.05) is 29.6 Å². The van der Waals surface area contributed by atoms with E-state index in [4.69, 9.17) is 11.6 Å². The van der Waals surface area contributed by atoms with E-state index < -0.39 is 0 Å². The number of thioether (sulfide) groups is 1. The number of thiazole rings is 1. The molecule has 0 unspecified atom stereocenters. The van der Waals surface area contributed by atoms with E-state index in [0.717, 1.165) is 15.6 Å². The third kappa shape index (κ3) is 2.83. The summed E-state index contributed by atoms with van der Waals surface area (Å²) in [5, 5.41) is 2.57. The molecule has 96 valence electrons. The first-order valence-corrected chi connectivity index (χ1v) is 7.81. The summed E-state index contributed by atoms with van der Waals surface area (Å²) in [6.45, 7) is 0. The summed E-state index contributed by atoms with van der Waals surface area (Å²) in [5.41, 5.74) is 0.755. The fraction of sp³-hybridized carbons (Fsp3) is 0.0769. The summed E-state index contributed by atoms with van der Waals surface area (Å²) in [6, 6.07) is 9.23. The maximum Gasteiger partial charge on any atom is 0.258 e. The Balaban J connectivity index is 1.83. The normalized spacial score (nSPS) is 11.0. The second kappa shape index (κ2) is 5.36. The Morgan fingerprint density at radius 3 is 3.11 bits per heavy atom. The highest BCUT2D eigenvalue weighted by atomic mass is 35.5. The van der Waals surface area contributed by atoms with Gasteiger partial charge in [0, 0.05) is 33.3 Å². The van der Waals surface area contributed by atoms with Gasteiger partial charge in [0.1, 0.15) is 0 Å². The van der Waals surface area contributed by atoms with E-state index in [-0.39, 0.29) is 5.56 Å². The molecule has 0 aliphatic carbocycles. The molecule has 6 heteroatoms. The maximum absolute atomic E-state index is 11.8. The van der Waals surface area contributed by atoms with Gasteiger partial charge in [-0.1, -0.05) is 17.7 Å². The minimum atomic E-state index is -0.0343. The Bertz CT molecular complexity index is 781. The zero-order valence-electron chi connectivity index (χ0n) is 9.75. The molecule has 0 amide bonds. The molecule has 0 aliphatic rings. The highest BCUT2D eigenvalue weighted by Gasteiger charge is 2.04. The molecule has 0 saturated carbocycles. The summed E-state index contributed by atoms with van der Waals surface area (Å²) in [4.78, 5) is 18.1. The number of hydrogen-bond donors (Lipinski definition) is 0. The average Bonchev–Trinajstić information content (AvgIpc) is 2.85. The Kier molecular flexibility index (Phi) is 3.59. The molecule has 0 fully saturated rings. The molecule has 3 aromatic rings. The first kappa shape index (κ1) is 12.7. The van der Waals surface area contributed by atoms with Crippen molar-refractivity contribution >= 4 is 39.7 Å². The Hall–Kier alpha value is -1.30. The minimum absolute atomic E-state index is 0.0343. The molecular weight excluding hydrogens is 300 g/mol. The third-order valence-electron chi connectivity index (χ3n) is 2.54. The lowest BCUT2D eigenvalue weighted by Crippen LogP contribution is -2.12. The number of halogens is 1. The van der Waals surface area contributed by atoms with Gasteiger partial charge in [0.05, 0.1) is 5.69 Å². The van der Waals surface area contributed by atoms with Crippen molar-refractivity contribution in [3.05, 3.63) is 63.0 Å². The van der Waals surface area contributed by atoms with E-state index >= 15 is 0 Å². The molecule has 0 atom stereocenters. The van der Waals surface area contributed by atoms with E-state index in [2.05, 4.69) is 4.98 Å². The standard InChI is InChI=1S/C13H9ClN2OS2/c14-9-2-1-3-11(6-9)19-8-10-7-12(17)16-4-5-18-13(16)15-10/h1-7H,8H2. The van der Waals surface area contributed by atoms with Crippen molar-refractivity contribution in [1.82, 2.24) is 9.38 Å². The second-order valence-corrected chi connectivity index (χ2v) is 6.25. The summed E-state index contributed by atoms with van der Waals surface area (Å²) < 4.78 is 1.55. The van der Waals surface area contributed by atoms with Crippen LogP contribution in [0.3, 0.4) is 0 Å². The topological polar surface area (TPSA) is 34.4 Å². The highest BCUT2D eigenvalue weighted by Crippen LogP contribution is 2.24. The van der Waals surface area contributed by atoms with Gasteiger partial charge in [0.25, 0.3) is 5.56 Å². The number of aromatic nitrogens is 2. The van der Waals surface area contributed by atoms with Gasteiger partial charge in [0.2, 0.25) is 0 Å². The lowest BCUT2D eigenvalue weighted by Gasteiger charge is -2.02. The quantitative estimate of drug-likeness (QED) is 0.692. The smallest absolute Gasteiger partial charge is 0.258 e. The summed E-state index contributed by atoms with van der Waals surface area (Å²) in [5.74, 6) is 0.657. The van der Waals surface area contributed by atoms with Crippen molar-refractivity contribution in [2.24, 2.45) is 0 Å². The predicted molar refractivity (Wildman–Crippen MR) is 80.4 cm³/mol. The Morgan fingerprint density at radius 1 is 1.37 bits per heavy atom. The first-order valence-electron chi connectivity index (χ1n) is 5.56. The Morgan fingerprint density at radius 2 is 2.26 bits per heavy atom. The molecule has 3 nitrogen and oxygen atoms in total. The van der Waals surface area contributed by atoms with Crippen LogP contribution in [0, 0.1) is 0 Å². The average molecular weight is 309 g/mol. The van der Waals surface area contributed by atoms with Crippen LogP contribution in [-0.2, 0) is 5.75 Å². The number of benzene rings is 1. The molecule has 2 aromatic heterocycles. The number of nitrogens with zero attached hydrogens (tertiary/aromatic N) is 2. The van der Waals surface area contributed by atoms with Crippen LogP contribution in [0.1, 0.15) is 5.69 Å². The van der Waals surface area contributed by atoms with Crippen molar-refractivity contribution < 1.29 is 0 Å². The molecule has 0 bridgehead atoms. The fourth-order valence-corrected chi connectivity index (χ4v) is 3.52. The summed E-state index contributed by atoms with van der Waals surface area (Å²) in [6.07, 6.45) is 1.74. The molecule has 3 rings (SSSR count). The second-order valence-electron chi connectivity index (χ2n) is 3.89. The van der Waals surface area contributed by atoms with Gasteiger partial charge >= 0.3 is 0 Å². The van der Waals surface area contributed by atoms with Crippen molar-refractivity contribution in [2.75, 3.05) is 0 Å². The van der Waals surface area contributed by atoms with Crippen LogP contribution in [0.15, 0.2) is 51.6 Å². The minimum Gasteiger partial charge on any atom is -0.269 e. The molecule has 19 heavy (non-hydrogen) atoms. The number of rotatable bonds is 3. The van der Waals surface area contributed by atoms with Gasteiger partial charge in [-0.3, -0.25) is 9.20 Å². The van der Waals surface area contributed by atoms with Crippen LogP contribution in [0.4, 0.5) is 0 Å². The molecule has 2 heterocycles. The lowest BCUT2D eigenvalue weighted by atomic mass is 10.4. The van der Waals surface area contributed by atoms with Crippen molar-refractivity contribution in [3.8, 4) is 0 Å². The zero-order valence-corrected chi connectivity index (χ0v) is 12.1. The fourth-order valence-electron chi connectivity index (χ4n) is 1.68. The predicted octanol–water partition coefficient (Wildman–Crippen LogP) is 3.70. The molecule has 0 aliphatic heterocycles. The summed E-state index contributed by atoms with van der Waals surface area (Å²) >= 11 is 9.01. The Labute approximate surface area is 122 Å². The molecular formula is C13H9ClN2OS2. The van der Waals surface area contributed by atoms with Gasteiger partial charge in [0.15, 0.2) is 4.96 Å². The van der Waals surface area contributed by atoms with Gasteiger partial charge in [-0.2, -0.15) is 0 Å². The van der Waals surface area contributed by atoms with Crippen LogP contribution in [0.2, 0.25) is 5.02 Å². The van der Waals surface area contributed by atoms with Crippen LogP contribution >= 0.6 is 34.7 Å². The van der Waals surface area contributed by atoms with Gasteiger partial charge in [-0.05, 0) is 18.2 Å². The van der Waals surface area contributed by atoms with Crippen molar-refractivity contribution in [1.29, 1.82) is 0 Å². The highest BCUT2D eigenvalue weighted by molar-refractivity contribution is 7.98. The van der Waals surface area contributed by atoms with Gasteiger partial charge in [-0.15, -0.1) is 23.1 Å². The van der Waals surface area contributed by atoms with E-state index in [1.54, 1.807) is 28.4 Å².